The Balaban J connectivity index is 3.46. The molecule has 0 saturated heterocycles. The van der Waals surface area contributed by atoms with Crippen molar-refractivity contribution in [1.29, 1.82) is 0 Å². The van der Waals surface area contributed by atoms with Gasteiger partial charge < -0.3 is 0 Å². The van der Waals surface area contributed by atoms with Gasteiger partial charge in [-0.05, 0) is 19.8 Å². The Morgan fingerprint density at radius 2 is 2.22 bits per heavy atom. The van der Waals surface area contributed by atoms with Crippen LogP contribution in [0.4, 0.5) is 0 Å². The lowest BCUT2D eigenvalue weighted by Crippen LogP contribution is -1.84. The molecule has 0 bridgehead atoms. The highest BCUT2D eigenvalue weighted by molar-refractivity contribution is 4.99. The second-order valence-electron chi connectivity index (χ2n) is 2.13. The van der Waals surface area contributed by atoms with E-state index in [4.69, 9.17) is 0 Å². The second-order valence-corrected chi connectivity index (χ2v) is 2.13. The average molecular weight is 122 g/mol. The lowest BCUT2D eigenvalue weighted by atomic mass is 10.1. The third kappa shape index (κ3) is 5.17. The maximum Gasteiger partial charge on any atom is 0.0149 e. The molecule has 0 saturated carbocycles. The molecule has 9 heavy (non-hydrogen) atoms. The van der Waals surface area contributed by atoms with Crippen molar-refractivity contribution >= 4 is 0 Å². The normalized spacial score (nSPS) is 12.8. The monoisotopic (exact) mass is 122 g/mol. The van der Waals surface area contributed by atoms with E-state index >= 15 is 0 Å². The summed E-state index contributed by atoms with van der Waals surface area (Å²) in [7, 11) is 0. The molecule has 0 heteroatoms. The Bertz CT molecular complexity index is 132. The first-order valence-electron chi connectivity index (χ1n) is 3.33. The van der Waals surface area contributed by atoms with E-state index in [0.29, 0.717) is 5.92 Å². The van der Waals surface area contributed by atoms with Crippen molar-refractivity contribution in [1.82, 2.24) is 0 Å². The number of hydrogen-bond donors (Lipinski definition) is 0. The van der Waals surface area contributed by atoms with Crippen molar-refractivity contribution in [3.05, 3.63) is 12.2 Å². The van der Waals surface area contributed by atoms with Crippen LogP contribution in [-0.4, -0.2) is 0 Å². The van der Waals surface area contributed by atoms with Crippen LogP contribution >= 0.6 is 0 Å². The van der Waals surface area contributed by atoms with Crippen LogP contribution in [0.1, 0.15) is 27.2 Å². The number of rotatable bonds is 2. The largest absolute Gasteiger partial charge is 0.107 e. The maximum absolute atomic E-state index is 3.03. The lowest BCUT2D eigenvalue weighted by Gasteiger charge is -1.95. The molecule has 50 valence electrons. The molecule has 0 aromatic rings. The third-order valence-electron chi connectivity index (χ3n) is 1.12. The molecule has 0 heterocycles. The van der Waals surface area contributed by atoms with Crippen molar-refractivity contribution in [2.24, 2.45) is 5.92 Å². The molecule has 0 rings (SSSR count). The smallest absolute Gasteiger partial charge is 0.0149 e. The molecule has 1 atom stereocenters. The van der Waals surface area contributed by atoms with E-state index in [2.05, 4.69) is 30.9 Å². The third-order valence-corrected chi connectivity index (χ3v) is 1.12. The molecule has 0 radical (unpaired) electrons. The molecule has 0 amide bonds. The zero-order valence-electron chi connectivity index (χ0n) is 6.44. The van der Waals surface area contributed by atoms with Crippen LogP contribution in [0.5, 0.6) is 0 Å². The Labute approximate surface area is 58.0 Å². The number of hydrogen-bond acceptors (Lipinski definition) is 0. The van der Waals surface area contributed by atoms with E-state index in [-0.39, 0.29) is 0 Å². The number of allylic oxidation sites excluding steroid dienone is 2. The minimum absolute atomic E-state index is 0.613. The Kier molecular flexibility index (Phi) is 5.01. The summed E-state index contributed by atoms with van der Waals surface area (Å²) in [5.41, 5.74) is 0. The van der Waals surface area contributed by atoms with Gasteiger partial charge in [0.05, 0.1) is 0 Å². The average Bonchev–Trinajstić information content (AvgIpc) is 1.85. The van der Waals surface area contributed by atoms with E-state index in [1.807, 2.05) is 13.8 Å². The van der Waals surface area contributed by atoms with Gasteiger partial charge in [0.25, 0.3) is 0 Å². The minimum Gasteiger partial charge on any atom is -0.107 e. The molecule has 0 aromatic heterocycles. The fourth-order valence-electron chi connectivity index (χ4n) is 0.660. The van der Waals surface area contributed by atoms with Crippen LogP contribution in [0.2, 0.25) is 0 Å². The van der Waals surface area contributed by atoms with Gasteiger partial charge in [-0.25, -0.2) is 0 Å². The molecule has 0 aromatic carbocycles. The molecule has 0 aliphatic carbocycles. The molecule has 0 spiro atoms. The van der Waals surface area contributed by atoms with Gasteiger partial charge in [-0.3, -0.25) is 0 Å². The topological polar surface area (TPSA) is 0 Å². The zero-order valence-corrected chi connectivity index (χ0v) is 6.44. The summed E-state index contributed by atoms with van der Waals surface area (Å²) < 4.78 is 0. The first-order chi connectivity index (χ1) is 4.31. The molecule has 0 aliphatic rings. The fraction of sp³-hybridized carbons (Fsp3) is 0.556. The summed E-state index contributed by atoms with van der Waals surface area (Å²) in [5, 5.41) is 0. The Morgan fingerprint density at radius 1 is 1.56 bits per heavy atom. The van der Waals surface area contributed by atoms with Gasteiger partial charge in [0.2, 0.25) is 0 Å². The van der Waals surface area contributed by atoms with Gasteiger partial charge in [0.1, 0.15) is 0 Å². The summed E-state index contributed by atoms with van der Waals surface area (Å²) in [6.45, 7) is 6.09. The van der Waals surface area contributed by atoms with Crippen LogP contribution in [0.25, 0.3) is 0 Å². The van der Waals surface area contributed by atoms with Crippen LogP contribution in [0, 0.1) is 17.8 Å². The molecule has 1 unspecified atom stereocenters. The van der Waals surface area contributed by atoms with Gasteiger partial charge >= 0.3 is 0 Å². The van der Waals surface area contributed by atoms with Crippen molar-refractivity contribution in [3.8, 4) is 11.8 Å². The van der Waals surface area contributed by atoms with E-state index in [1.165, 1.54) is 0 Å². The molecule has 0 nitrogen and oxygen atoms in total. The minimum atomic E-state index is 0.613. The Hall–Kier alpha value is -0.700. The summed E-state index contributed by atoms with van der Waals surface area (Å²) in [5.74, 6) is 6.52. The van der Waals surface area contributed by atoms with Crippen LogP contribution in [-0.2, 0) is 0 Å². The Morgan fingerprint density at radius 3 is 2.67 bits per heavy atom. The van der Waals surface area contributed by atoms with Crippen molar-refractivity contribution in [2.45, 2.75) is 27.2 Å². The summed E-state index contributed by atoms with van der Waals surface area (Å²) in [4.78, 5) is 0. The van der Waals surface area contributed by atoms with Gasteiger partial charge in [0.15, 0.2) is 0 Å². The summed E-state index contributed by atoms with van der Waals surface area (Å²) >= 11 is 0. The molecule has 0 fully saturated rings. The van der Waals surface area contributed by atoms with Crippen LogP contribution < -0.4 is 0 Å². The highest BCUT2D eigenvalue weighted by Crippen LogP contribution is 2.00. The lowest BCUT2D eigenvalue weighted by molar-refractivity contribution is 0.758. The van der Waals surface area contributed by atoms with E-state index in [0.717, 1.165) is 6.42 Å². The SMILES string of the molecule is CC#CCC(C)/C=C/C. The van der Waals surface area contributed by atoms with Crippen molar-refractivity contribution in [3.63, 3.8) is 0 Å². The van der Waals surface area contributed by atoms with E-state index < -0.39 is 0 Å². The molecular formula is C9H14. The zero-order chi connectivity index (χ0) is 7.11. The highest BCUT2D eigenvalue weighted by atomic mass is 13.9. The van der Waals surface area contributed by atoms with Gasteiger partial charge in [-0.2, -0.15) is 0 Å². The highest BCUT2D eigenvalue weighted by Gasteiger charge is 1.89. The van der Waals surface area contributed by atoms with Gasteiger partial charge in [0, 0.05) is 6.42 Å². The fourth-order valence-corrected chi connectivity index (χ4v) is 0.660. The quantitative estimate of drug-likeness (QED) is 0.390. The van der Waals surface area contributed by atoms with Crippen molar-refractivity contribution < 1.29 is 0 Å². The van der Waals surface area contributed by atoms with Crippen LogP contribution in [0.3, 0.4) is 0 Å². The van der Waals surface area contributed by atoms with E-state index in [1.54, 1.807) is 0 Å². The maximum atomic E-state index is 3.03. The molecule has 0 N–H and O–H groups in total. The van der Waals surface area contributed by atoms with Crippen LogP contribution in [0.15, 0.2) is 12.2 Å². The van der Waals surface area contributed by atoms with Gasteiger partial charge in [-0.15, -0.1) is 11.8 Å². The van der Waals surface area contributed by atoms with Gasteiger partial charge in [-0.1, -0.05) is 19.1 Å². The summed E-state index contributed by atoms with van der Waals surface area (Å²) in [6, 6.07) is 0. The predicted molar refractivity (Wildman–Crippen MR) is 42.0 cm³/mol. The molecule has 0 aliphatic heterocycles. The van der Waals surface area contributed by atoms with Crippen molar-refractivity contribution in [2.75, 3.05) is 0 Å². The summed E-state index contributed by atoms with van der Waals surface area (Å²) in [6.07, 6.45) is 5.23. The second kappa shape index (κ2) is 5.44. The first kappa shape index (κ1) is 8.30. The first-order valence-corrected chi connectivity index (χ1v) is 3.33. The van der Waals surface area contributed by atoms with E-state index in [9.17, 15) is 0 Å². The standard InChI is InChI=1S/C9H14/c1-4-6-8-9(3)7-5-2/h5,7,9H,8H2,1-3H3/b7-5+. The molecular weight excluding hydrogens is 108 g/mol. The predicted octanol–water partition coefficient (Wildman–Crippen LogP) is 2.61.